The van der Waals surface area contributed by atoms with Crippen molar-refractivity contribution in [1.29, 1.82) is 0 Å². The molecule has 0 aromatic heterocycles. The zero-order chi connectivity index (χ0) is 18.6. The van der Waals surface area contributed by atoms with E-state index in [-0.39, 0.29) is 28.8 Å². The molecule has 1 aliphatic rings. The first-order chi connectivity index (χ1) is 11.8. The molecule has 0 radical (unpaired) electrons. The smallest absolute Gasteiger partial charge is 0.253 e. The van der Waals surface area contributed by atoms with Gasteiger partial charge in [0, 0.05) is 30.7 Å². The molecule has 0 spiro atoms. The molecule has 2 rings (SSSR count). The van der Waals surface area contributed by atoms with Crippen molar-refractivity contribution in [2.24, 2.45) is 5.92 Å². The summed E-state index contributed by atoms with van der Waals surface area (Å²) >= 11 is 12.0. The van der Waals surface area contributed by atoms with Crippen molar-refractivity contribution in [3.05, 3.63) is 33.8 Å². The Balaban J connectivity index is 2.13. The average Bonchev–Trinajstić information content (AvgIpc) is 2.53. The van der Waals surface area contributed by atoms with Crippen LogP contribution < -0.4 is 10.6 Å². The van der Waals surface area contributed by atoms with Crippen LogP contribution in [0.2, 0.25) is 10.0 Å². The number of halogens is 2. The SMILES string of the molecule is CC(C)CC(NC(=O)c1ccc(Cl)cc1Cl)C(=O)N1CCN[C@H](C)C1. The van der Waals surface area contributed by atoms with Gasteiger partial charge in [-0.15, -0.1) is 0 Å². The van der Waals surface area contributed by atoms with E-state index in [4.69, 9.17) is 23.2 Å². The minimum atomic E-state index is -0.565. The lowest BCUT2D eigenvalue weighted by Crippen LogP contribution is -2.56. The summed E-state index contributed by atoms with van der Waals surface area (Å²) in [5, 5.41) is 6.91. The zero-order valence-electron chi connectivity index (χ0n) is 14.8. The summed E-state index contributed by atoms with van der Waals surface area (Å²) in [7, 11) is 0. The van der Waals surface area contributed by atoms with E-state index in [1.807, 2.05) is 25.7 Å². The number of hydrogen-bond donors (Lipinski definition) is 2. The van der Waals surface area contributed by atoms with E-state index < -0.39 is 6.04 Å². The molecule has 1 heterocycles. The number of hydrogen-bond acceptors (Lipinski definition) is 3. The van der Waals surface area contributed by atoms with Crippen molar-refractivity contribution in [1.82, 2.24) is 15.5 Å². The number of carbonyl (C=O) groups is 2. The summed E-state index contributed by atoms with van der Waals surface area (Å²) in [5.74, 6) is -0.125. The van der Waals surface area contributed by atoms with Gasteiger partial charge in [-0.1, -0.05) is 37.0 Å². The Hall–Kier alpha value is -1.30. The van der Waals surface area contributed by atoms with Crippen LogP contribution in [-0.4, -0.2) is 48.4 Å². The van der Waals surface area contributed by atoms with Gasteiger partial charge in [0.2, 0.25) is 5.91 Å². The maximum absolute atomic E-state index is 12.9. The molecule has 1 aromatic rings. The summed E-state index contributed by atoms with van der Waals surface area (Å²) < 4.78 is 0. The molecule has 5 nitrogen and oxygen atoms in total. The van der Waals surface area contributed by atoms with Crippen molar-refractivity contribution < 1.29 is 9.59 Å². The molecule has 1 aromatic carbocycles. The lowest BCUT2D eigenvalue weighted by molar-refractivity contribution is -0.134. The summed E-state index contributed by atoms with van der Waals surface area (Å²) in [4.78, 5) is 27.3. The minimum Gasteiger partial charge on any atom is -0.340 e. The van der Waals surface area contributed by atoms with E-state index in [1.165, 1.54) is 6.07 Å². The highest BCUT2D eigenvalue weighted by Crippen LogP contribution is 2.21. The third kappa shape index (κ3) is 5.59. The summed E-state index contributed by atoms with van der Waals surface area (Å²) in [6, 6.07) is 4.39. The fourth-order valence-corrected chi connectivity index (χ4v) is 3.45. The molecule has 1 saturated heterocycles. The highest BCUT2D eigenvalue weighted by atomic mass is 35.5. The molecule has 2 atom stereocenters. The topological polar surface area (TPSA) is 61.4 Å². The molecule has 0 saturated carbocycles. The van der Waals surface area contributed by atoms with Crippen LogP contribution in [0.4, 0.5) is 0 Å². The second-order valence-corrected chi connectivity index (χ2v) is 7.76. The van der Waals surface area contributed by atoms with Gasteiger partial charge < -0.3 is 15.5 Å². The van der Waals surface area contributed by atoms with Gasteiger partial charge in [0.1, 0.15) is 6.04 Å². The fraction of sp³-hybridized carbons (Fsp3) is 0.556. The molecule has 2 amide bonds. The second kappa shape index (κ2) is 8.88. The number of rotatable bonds is 5. The number of amides is 2. The van der Waals surface area contributed by atoms with Crippen LogP contribution in [0.5, 0.6) is 0 Å². The Morgan fingerprint density at radius 3 is 2.68 bits per heavy atom. The average molecular weight is 386 g/mol. The van der Waals surface area contributed by atoms with E-state index in [0.29, 0.717) is 30.1 Å². The Morgan fingerprint density at radius 1 is 1.36 bits per heavy atom. The van der Waals surface area contributed by atoms with E-state index >= 15 is 0 Å². The van der Waals surface area contributed by atoms with Gasteiger partial charge in [0.05, 0.1) is 10.6 Å². The van der Waals surface area contributed by atoms with Crippen molar-refractivity contribution in [2.45, 2.75) is 39.3 Å². The number of nitrogens with one attached hydrogen (secondary N) is 2. The first-order valence-electron chi connectivity index (χ1n) is 8.56. The van der Waals surface area contributed by atoms with Crippen LogP contribution in [-0.2, 0) is 4.79 Å². The van der Waals surface area contributed by atoms with E-state index in [1.54, 1.807) is 12.1 Å². The number of nitrogens with zero attached hydrogens (tertiary/aromatic N) is 1. The molecule has 7 heteroatoms. The molecular formula is C18H25Cl2N3O2. The van der Waals surface area contributed by atoms with Crippen molar-refractivity contribution >= 4 is 35.0 Å². The standard InChI is InChI=1S/C18H25Cl2N3O2/c1-11(2)8-16(18(25)23-7-6-21-12(3)10-23)22-17(24)14-5-4-13(19)9-15(14)20/h4-5,9,11-12,16,21H,6-8,10H2,1-3H3,(H,22,24)/t12-,16?/m1/s1. The minimum absolute atomic E-state index is 0.0412. The van der Waals surface area contributed by atoms with Gasteiger partial charge in [-0.3, -0.25) is 9.59 Å². The van der Waals surface area contributed by atoms with Gasteiger partial charge >= 0.3 is 0 Å². The third-order valence-electron chi connectivity index (χ3n) is 4.17. The van der Waals surface area contributed by atoms with Gasteiger partial charge in [-0.2, -0.15) is 0 Å². The predicted octanol–water partition coefficient (Wildman–Crippen LogP) is 2.96. The number of benzene rings is 1. The van der Waals surface area contributed by atoms with Crippen molar-refractivity contribution in [3.8, 4) is 0 Å². The fourth-order valence-electron chi connectivity index (χ4n) is 2.96. The second-order valence-electron chi connectivity index (χ2n) is 6.92. The van der Waals surface area contributed by atoms with Gasteiger partial charge in [0.15, 0.2) is 0 Å². The van der Waals surface area contributed by atoms with E-state index in [0.717, 1.165) is 6.54 Å². The number of piperazine rings is 1. The van der Waals surface area contributed by atoms with E-state index in [9.17, 15) is 9.59 Å². The first kappa shape index (κ1) is 20.0. The molecule has 0 aliphatic carbocycles. The molecule has 1 fully saturated rings. The number of carbonyl (C=O) groups excluding carboxylic acids is 2. The van der Waals surface area contributed by atoms with Crippen LogP contribution in [0, 0.1) is 5.92 Å². The Labute approximate surface area is 159 Å². The normalized spacial score (nSPS) is 19.0. The van der Waals surface area contributed by atoms with Crippen molar-refractivity contribution in [3.63, 3.8) is 0 Å². The Morgan fingerprint density at radius 2 is 2.08 bits per heavy atom. The van der Waals surface area contributed by atoms with Gasteiger partial charge in [-0.05, 0) is 37.5 Å². The predicted molar refractivity (Wildman–Crippen MR) is 101 cm³/mol. The van der Waals surface area contributed by atoms with Crippen LogP contribution in [0.25, 0.3) is 0 Å². The van der Waals surface area contributed by atoms with Gasteiger partial charge in [0.25, 0.3) is 5.91 Å². The largest absolute Gasteiger partial charge is 0.340 e. The molecule has 2 N–H and O–H groups in total. The van der Waals surface area contributed by atoms with Crippen LogP contribution in [0.3, 0.4) is 0 Å². The monoisotopic (exact) mass is 385 g/mol. The van der Waals surface area contributed by atoms with Crippen molar-refractivity contribution in [2.75, 3.05) is 19.6 Å². The highest BCUT2D eigenvalue weighted by molar-refractivity contribution is 6.36. The molecule has 0 bridgehead atoms. The molecule has 1 aliphatic heterocycles. The summed E-state index contributed by atoms with van der Waals surface area (Å²) in [5.41, 5.74) is 0.321. The van der Waals surface area contributed by atoms with Crippen LogP contribution in [0.15, 0.2) is 18.2 Å². The lowest BCUT2D eigenvalue weighted by atomic mass is 10.0. The lowest BCUT2D eigenvalue weighted by Gasteiger charge is -2.35. The quantitative estimate of drug-likeness (QED) is 0.818. The van der Waals surface area contributed by atoms with E-state index in [2.05, 4.69) is 10.6 Å². The maximum Gasteiger partial charge on any atom is 0.253 e. The van der Waals surface area contributed by atoms with Crippen LogP contribution in [0.1, 0.15) is 37.6 Å². The maximum atomic E-state index is 12.9. The summed E-state index contributed by atoms with van der Waals surface area (Å²) in [6.45, 7) is 8.16. The Kier molecular flexibility index (Phi) is 7.11. The van der Waals surface area contributed by atoms with Crippen LogP contribution >= 0.6 is 23.2 Å². The molecule has 25 heavy (non-hydrogen) atoms. The highest BCUT2D eigenvalue weighted by Gasteiger charge is 2.29. The molecular weight excluding hydrogens is 361 g/mol. The zero-order valence-corrected chi connectivity index (χ0v) is 16.3. The van der Waals surface area contributed by atoms with Gasteiger partial charge in [-0.25, -0.2) is 0 Å². The molecule has 1 unspecified atom stereocenters. The summed E-state index contributed by atoms with van der Waals surface area (Å²) in [6.07, 6.45) is 0.577. The third-order valence-corrected chi connectivity index (χ3v) is 4.71. The Bertz CT molecular complexity index is 637. The molecule has 138 valence electrons. The first-order valence-corrected chi connectivity index (χ1v) is 9.31.